The van der Waals surface area contributed by atoms with E-state index in [9.17, 15) is 9.59 Å². The van der Waals surface area contributed by atoms with Crippen LogP contribution in [0, 0.1) is 6.92 Å². The number of amides is 1. The molecule has 0 saturated carbocycles. The smallest absolute Gasteiger partial charge is 0.335 e. The van der Waals surface area contributed by atoms with E-state index in [1.807, 2.05) is 0 Å². The van der Waals surface area contributed by atoms with Gasteiger partial charge in [-0.2, -0.15) is 0 Å². The molecule has 0 spiro atoms. The minimum atomic E-state index is -1.16. The molecule has 0 atom stereocenters. The number of carbonyl (C=O) groups is 2. The van der Waals surface area contributed by atoms with Crippen molar-refractivity contribution in [3.63, 3.8) is 0 Å². The van der Waals surface area contributed by atoms with E-state index in [2.05, 4.69) is 14.9 Å². The van der Waals surface area contributed by atoms with E-state index in [0.717, 1.165) is 11.5 Å². The largest absolute Gasteiger partial charge is 0.478 e. The average molecular weight is 332 g/mol. The monoisotopic (exact) mass is 331 g/mol. The highest BCUT2D eigenvalue weighted by atomic mass is 35.5. The maximum Gasteiger partial charge on any atom is 0.335 e. The third kappa shape index (κ3) is 2.90. The molecule has 1 aromatic carbocycles. The summed E-state index contributed by atoms with van der Waals surface area (Å²) in [6.45, 7) is 1.65. The maximum absolute atomic E-state index is 12.0. The van der Waals surface area contributed by atoms with Gasteiger partial charge in [-0.1, -0.05) is 27.7 Å². The van der Waals surface area contributed by atoms with E-state index >= 15 is 0 Å². The molecule has 9 heteroatoms. The number of rotatable bonds is 3. The van der Waals surface area contributed by atoms with Crippen LogP contribution in [0.5, 0.6) is 0 Å². The fraction of sp³-hybridized carbons (Fsp3) is 0.0909. The summed E-state index contributed by atoms with van der Waals surface area (Å²) in [7, 11) is 0. The highest BCUT2D eigenvalue weighted by Gasteiger charge is 2.18. The zero-order valence-corrected chi connectivity index (χ0v) is 12.3. The van der Waals surface area contributed by atoms with Crippen molar-refractivity contribution in [3.8, 4) is 0 Å². The number of benzene rings is 1. The second-order valence-corrected chi connectivity index (χ2v) is 5.33. The summed E-state index contributed by atoms with van der Waals surface area (Å²) in [4.78, 5) is 23.2. The van der Waals surface area contributed by atoms with Gasteiger partial charge in [0.1, 0.15) is 4.88 Å². The van der Waals surface area contributed by atoms with Crippen LogP contribution in [0.25, 0.3) is 0 Å². The Balaban J connectivity index is 2.33. The Hall–Kier alpha value is -1.70. The molecular weight excluding hydrogens is 325 g/mol. The highest BCUT2D eigenvalue weighted by molar-refractivity contribution is 7.08. The van der Waals surface area contributed by atoms with Gasteiger partial charge in [0.05, 0.1) is 27.0 Å². The Morgan fingerprint density at radius 3 is 2.35 bits per heavy atom. The zero-order valence-electron chi connectivity index (χ0n) is 9.98. The number of aromatic nitrogens is 2. The van der Waals surface area contributed by atoms with E-state index in [-0.39, 0.29) is 21.3 Å². The molecule has 6 nitrogen and oxygen atoms in total. The van der Waals surface area contributed by atoms with Crippen molar-refractivity contribution in [1.29, 1.82) is 0 Å². The highest BCUT2D eigenvalue weighted by Crippen LogP contribution is 2.32. The lowest BCUT2D eigenvalue weighted by atomic mass is 10.2. The maximum atomic E-state index is 12.0. The van der Waals surface area contributed by atoms with Crippen molar-refractivity contribution in [1.82, 2.24) is 9.59 Å². The van der Waals surface area contributed by atoms with E-state index in [1.165, 1.54) is 12.1 Å². The molecule has 20 heavy (non-hydrogen) atoms. The summed E-state index contributed by atoms with van der Waals surface area (Å²) in [6.07, 6.45) is 0. The molecule has 1 aromatic heterocycles. The summed E-state index contributed by atoms with van der Waals surface area (Å²) in [5, 5.41) is 15.2. The number of carboxylic acids is 1. The minimum absolute atomic E-state index is 0.0402. The molecule has 0 aliphatic heterocycles. The van der Waals surface area contributed by atoms with Crippen LogP contribution in [0.15, 0.2) is 12.1 Å². The average Bonchev–Trinajstić information content (AvgIpc) is 2.79. The second-order valence-electron chi connectivity index (χ2n) is 3.76. The van der Waals surface area contributed by atoms with Crippen LogP contribution in [0.4, 0.5) is 5.69 Å². The molecule has 2 N–H and O–H groups in total. The Morgan fingerprint density at radius 2 is 1.90 bits per heavy atom. The predicted molar refractivity (Wildman–Crippen MR) is 76.0 cm³/mol. The van der Waals surface area contributed by atoms with E-state index < -0.39 is 11.9 Å². The molecule has 0 saturated heterocycles. The molecule has 0 unspecified atom stereocenters. The molecule has 0 aliphatic rings. The third-order valence-corrected chi connectivity index (χ3v) is 3.81. The molecule has 1 heterocycles. The first-order valence-corrected chi connectivity index (χ1v) is 6.75. The number of hydrogen-bond donors (Lipinski definition) is 2. The van der Waals surface area contributed by atoms with Crippen LogP contribution in [0.3, 0.4) is 0 Å². The van der Waals surface area contributed by atoms with Gasteiger partial charge in [-0.3, -0.25) is 4.79 Å². The number of nitrogens with one attached hydrogen (secondary N) is 1. The number of aryl methyl sites for hydroxylation is 1. The first-order chi connectivity index (χ1) is 9.40. The lowest BCUT2D eigenvalue weighted by Crippen LogP contribution is -2.13. The second kappa shape index (κ2) is 5.74. The van der Waals surface area contributed by atoms with E-state index in [4.69, 9.17) is 28.3 Å². The first kappa shape index (κ1) is 14.7. The summed E-state index contributed by atoms with van der Waals surface area (Å²) < 4.78 is 3.65. The fourth-order valence-corrected chi connectivity index (χ4v) is 2.56. The Bertz CT molecular complexity index is 679. The van der Waals surface area contributed by atoms with Crippen molar-refractivity contribution in [2.24, 2.45) is 0 Å². The molecule has 0 radical (unpaired) electrons. The van der Waals surface area contributed by atoms with Crippen LogP contribution >= 0.6 is 34.7 Å². The van der Waals surface area contributed by atoms with Crippen LogP contribution in [0.1, 0.15) is 25.7 Å². The SMILES string of the molecule is Cc1nnsc1C(=O)Nc1c(Cl)cc(C(=O)O)cc1Cl. The minimum Gasteiger partial charge on any atom is -0.478 e. The molecule has 104 valence electrons. The van der Waals surface area contributed by atoms with Crippen LogP contribution < -0.4 is 5.32 Å². The number of carboxylic acid groups (broad SMARTS) is 1. The summed E-state index contributed by atoms with van der Waals surface area (Å²) in [5.74, 6) is -1.61. The first-order valence-electron chi connectivity index (χ1n) is 5.22. The van der Waals surface area contributed by atoms with Gasteiger partial charge >= 0.3 is 5.97 Å². The Morgan fingerprint density at radius 1 is 1.30 bits per heavy atom. The van der Waals surface area contributed by atoms with Crippen LogP contribution in [-0.2, 0) is 0 Å². The van der Waals surface area contributed by atoms with Gasteiger partial charge < -0.3 is 10.4 Å². The van der Waals surface area contributed by atoms with E-state index in [1.54, 1.807) is 6.92 Å². The van der Waals surface area contributed by atoms with Crippen LogP contribution in [0.2, 0.25) is 10.0 Å². The van der Waals surface area contributed by atoms with Gasteiger partial charge in [0.25, 0.3) is 5.91 Å². The molecule has 2 aromatic rings. The lowest BCUT2D eigenvalue weighted by molar-refractivity contribution is 0.0696. The molecule has 0 aliphatic carbocycles. The van der Waals surface area contributed by atoms with Gasteiger partial charge in [0, 0.05) is 0 Å². The number of carbonyl (C=O) groups excluding carboxylic acids is 1. The van der Waals surface area contributed by atoms with Crippen molar-refractivity contribution >= 4 is 52.3 Å². The van der Waals surface area contributed by atoms with Crippen molar-refractivity contribution in [2.75, 3.05) is 5.32 Å². The summed E-state index contributed by atoms with van der Waals surface area (Å²) in [5.41, 5.74) is 0.576. The summed E-state index contributed by atoms with van der Waals surface area (Å²) in [6, 6.07) is 2.42. The van der Waals surface area contributed by atoms with Crippen molar-refractivity contribution in [3.05, 3.63) is 38.3 Å². The molecular formula is C11H7Cl2N3O3S. The fourth-order valence-electron chi connectivity index (χ4n) is 1.43. The van der Waals surface area contributed by atoms with Crippen LogP contribution in [-0.4, -0.2) is 26.6 Å². The van der Waals surface area contributed by atoms with Gasteiger partial charge in [0.2, 0.25) is 0 Å². The van der Waals surface area contributed by atoms with E-state index in [0.29, 0.717) is 10.6 Å². The Labute approximate surface area is 127 Å². The normalized spacial score (nSPS) is 10.3. The quantitative estimate of drug-likeness (QED) is 0.901. The van der Waals surface area contributed by atoms with Gasteiger partial charge in [-0.05, 0) is 30.6 Å². The number of hydrogen-bond acceptors (Lipinski definition) is 5. The summed E-state index contributed by atoms with van der Waals surface area (Å²) >= 11 is 12.8. The predicted octanol–water partition coefficient (Wildman–Crippen LogP) is 3.10. The zero-order chi connectivity index (χ0) is 14.9. The third-order valence-electron chi connectivity index (χ3n) is 2.39. The van der Waals surface area contributed by atoms with Crippen molar-refractivity contribution < 1.29 is 14.7 Å². The number of anilines is 1. The number of nitrogens with zero attached hydrogens (tertiary/aromatic N) is 2. The van der Waals surface area contributed by atoms with Gasteiger partial charge in [-0.25, -0.2) is 4.79 Å². The van der Waals surface area contributed by atoms with Gasteiger partial charge in [0.15, 0.2) is 0 Å². The number of halogens is 2. The lowest BCUT2D eigenvalue weighted by Gasteiger charge is -2.09. The topological polar surface area (TPSA) is 92.2 Å². The molecule has 1 amide bonds. The molecule has 0 fully saturated rings. The van der Waals surface area contributed by atoms with Gasteiger partial charge in [-0.15, -0.1) is 5.10 Å². The molecule has 2 rings (SSSR count). The van der Waals surface area contributed by atoms with Crippen molar-refractivity contribution in [2.45, 2.75) is 6.92 Å². The molecule has 0 bridgehead atoms. The Kier molecular flexibility index (Phi) is 4.22. The standard InChI is InChI=1S/C11H7Cl2N3O3S/c1-4-9(20-16-15-4)10(17)14-8-6(12)2-5(11(18)19)3-7(8)13/h2-3H,1H3,(H,14,17)(H,18,19). The number of aromatic carboxylic acids is 1.